The molecule has 2 aromatic carbocycles. The van der Waals surface area contributed by atoms with Crippen LogP contribution in [0.3, 0.4) is 0 Å². The lowest BCUT2D eigenvalue weighted by Crippen LogP contribution is -2.23. The molecule has 124 valence electrons. The highest BCUT2D eigenvalue weighted by Gasteiger charge is 2.14. The van der Waals surface area contributed by atoms with Gasteiger partial charge in [-0.3, -0.25) is 4.79 Å². The summed E-state index contributed by atoms with van der Waals surface area (Å²) in [5.41, 5.74) is 3.13. The molecule has 3 aromatic rings. The van der Waals surface area contributed by atoms with Gasteiger partial charge in [-0.15, -0.1) is 0 Å². The van der Waals surface area contributed by atoms with Crippen molar-refractivity contribution in [1.29, 1.82) is 0 Å². The molecule has 1 aromatic heterocycles. The number of carbonyl (C=O) groups is 1. The van der Waals surface area contributed by atoms with Crippen molar-refractivity contribution in [2.75, 3.05) is 7.11 Å². The SMILES string of the molecule is COCc1cccc(CNC(=O)c2cc(F)cc3[nH]c(=S)[nH]c23)c1. The third-order valence-corrected chi connectivity index (χ3v) is 3.79. The van der Waals surface area contributed by atoms with Crippen LogP contribution in [0.5, 0.6) is 0 Å². The van der Waals surface area contributed by atoms with Crippen molar-refractivity contribution in [1.82, 2.24) is 15.3 Å². The topological polar surface area (TPSA) is 69.9 Å². The van der Waals surface area contributed by atoms with Crippen molar-refractivity contribution >= 4 is 29.2 Å². The molecule has 0 saturated heterocycles. The van der Waals surface area contributed by atoms with Crippen molar-refractivity contribution < 1.29 is 13.9 Å². The molecule has 0 radical (unpaired) electrons. The Morgan fingerprint density at radius 3 is 2.83 bits per heavy atom. The highest BCUT2D eigenvalue weighted by atomic mass is 32.1. The molecule has 3 rings (SSSR count). The fourth-order valence-corrected chi connectivity index (χ4v) is 2.77. The largest absolute Gasteiger partial charge is 0.380 e. The summed E-state index contributed by atoms with van der Waals surface area (Å²) in [6.07, 6.45) is 0. The minimum absolute atomic E-state index is 0.213. The summed E-state index contributed by atoms with van der Waals surface area (Å²) in [6, 6.07) is 10.2. The molecule has 7 heteroatoms. The molecule has 24 heavy (non-hydrogen) atoms. The number of halogens is 1. The summed E-state index contributed by atoms with van der Waals surface area (Å²) in [5, 5.41) is 2.80. The van der Waals surface area contributed by atoms with Crippen molar-refractivity contribution in [2.45, 2.75) is 13.2 Å². The van der Waals surface area contributed by atoms with Gasteiger partial charge in [-0.2, -0.15) is 0 Å². The first kappa shape index (κ1) is 16.4. The van der Waals surface area contributed by atoms with E-state index in [1.54, 1.807) is 7.11 Å². The van der Waals surface area contributed by atoms with E-state index in [0.29, 0.717) is 29.0 Å². The van der Waals surface area contributed by atoms with Crippen molar-refractivity contribution in [3.05, 3.63) is 63.7 Å². The predicted octanol–water partition coefficient (Wildman–Crippen LogP) is 3.44. The van der Waals surface area contributed by atoms with Gasteiger partial charge in [0, 0.05) is 13.7 Å². The average Bonchev–Trinajstić information content (AvgIpc) is 2.92. The highest BCUT2D eigenvalue weighted by Crippen LogP contribution is 2.18. The molecule has 0 saturated carbocycles. The highest BCUT2D eigenvalue weighted by molar-refractivity contribution is 7.71. The van der Waals surface area contributed by atoms with Crippen LogP contribution >= 0.6 is 12.2 Å². The van der Waals surface area contributed by atoms with Crippen LogP contribution in [0.4, 0.5) is 4.39 Å². The van der Waals surface area contributed by atoms with Crippen LogP contribution < -0.4 is 5.32 Å². The van der Waals surface area contributed by atoms with E-state index in [2.05, 4.69) is 15.3 Å². The molecule has 0 fully saturated rings. The van der Waals surface area contributed by atoms with E-state index < -0.39 is 5.82 Å². The molecule has 0 unspecified atom stereocenters. The Bertz CT molecular complexity index is 948. The zero-order valence-corrected chi connectivity index (χ0v) is 13.8. The summed E-state index contributed by atoms with van der Waals surface area (Å²) in [4.78, 5) is 18.1. The number of amides is 1. The van der Waals surface area contributed by atoms with Gasteiger partial charge in [-0.25, -0.2) is 4.39 Å². The second-order valence-corrected chi connectivity index (χ2v) is 5.80. The summed E-state index contributed by atoms with van der Waals surface area (Å²) in [5.74, 6) is -0.873. The maximum Gasteiger partial charge on any atom is 0.253 e. The lowest BCUT2D eigenvalue weighted by atomic mass is 10.1. The van der Waals surface area contributed by atoms with E-state index in [4.69, 9.17) is 17.0 Å². The Balaban J connectivity index is 1.80. The summed E-state index contributed by atoms with van der Waals surface area (Å²) >= 11 is 5.01. The normalized spacial score (nSPS) is 10.9. The second kappa shape index (κ2) is 6.94. The number of aromatic amines is 2. The lowest BCUT2D eigenvalue weighted by molar-refractivity contribution is 0.0952. The standard InChI is InChI=1S/C17H16FN3O2S/c1-23-9-11-4-2-3-10(5-11)8-19-16(22)13-6-12(18)7-14-15(13)21-17(24)20-14/h2-7H,8-9H2,1H3,(H,19,22)(H2,20,21,24). The molecule has 0 bridgehead atoms. The quantitative estimate of drug-likeness (QED) is 0.621. The van der Waals surface area contributed by atoms with Gasteiger partial charge < -0.3 is 20.0 Å². The third-order valence-electron chi connectivity index (χ3n) is 3.59. The summed E-state index contributed by atoms with van der Waals surface area (Å²) in [6.45, 7) is 0.839. The third kappa shape index (κ3) is 3.52. The number of nitrogens with one attached hydrogen (secondary N) is 3. The minimum atomic E-state index is -0.500. The van der Waals surface area contributed by atoms with Crippen molar-refractivity contribution in [3.8, 4) is 0 Å². The zero-order valence-electron chi connectivity index (χ0n) is 13.0. The second-order valence-electron chi connectivity index (χ2n) is 5.39. The number of fused-ring (bicyclic) bond motifs is 1. The molecule has 0 aliphatic heterocycles. The molecule has 0 atom stereocenters. The number of methoxy groups -OCH3 is 1. The van der Waals surface area contributed by atoms with Crippen LogP contribution in [-0.4, -0.2) is 23.0 Å². The van der Waals surface area contributed by atoms with Crippen molar-refractivity contribution in [3.63, 3.8) is 0 Å². The van der Waals surface area contributed by atoms with Gasteiger partial charge in [-0.05, 0) is 35.5 Å². The monoisotopic (exact) mass is 345 g/mol. The Kier molecular flexibility index (Phi) is 4.73. The van der Waals surface area contributed by atoms with E-state index >= 15 is 0 Å². The molecule has 3 N–H and O–H groups in total. The molecular weight excluding hydrogens is 329 g/mol. The molecule has 0 spiro atoms. The van der Waals surface area contributed by atoms with E-state index in [9.17, 15) is 9.18 Å². The lowest BCUT2D eigenvalue weighted by Gasteiger charge is -2.08. The van der Waals surface area contributed by atoms with Gasteiger partial charge >= 0.3 is 0 Å². The van der Waals surface area contributed by atoms with Crippen LogP contribution in [0.25, 0.3) is 11.0 Å². The number of benzene rings is 2. The number of hydrogen-bond acceptors (Lipinski definition) is 3. The van der Waals surface area contributed by atoms with Gasteiger partial charge in [0.05, 0.1) is 23.2 Å². The Labute approximate surface area is 142 Å². The molecule has 5 nitrogen and oxygen atoms in total. The first-order chi connectivity index (χ1) is 11.6. The predicted molar refractivity (Wildman–Crippen MR) is 91.8 cm³/mol. The first-order valence-corrected chi connectivity index (χ1v) is 7.74. The average molecular weight is 345 g/mol. The summed E-state index contributed by atoms with van der Waals surface area (Å²) < 4.78 is 19.1. The van der Waals surface area contributed by atoms with E-state index in [-0.39, 0.29) is 11.5 Å². The molecule has 1 heterocycles. The molecule has 0 aliphatic carbocycles. The van der Waals surface area contributed by atoms with Crippen LogP contribution in [0.2, 0.25) is 0 Å². The first-order valence-electron chi connectivity index (χ1n) is 7.33. The van der Waals surface area contributed by atoms with Crippen LogP contribution in [0.15, 0.2) is 36.4 Å². The number of carbonyl (C=O) groups excluding carboxylic acids is 1. The molecular formula is C17H16FN3O2S. The maximum atomic E-state index is 13.7. The van der Waals surface area contributed by atoms with Gasteiger partial charge in [0.2, 0.25) is 0 Å². The number of rotatable bonds is 5. The van der Waals surface area contributed by atoms with Crippen LogP contribution in [0, 0.1) is 10.6 Å². The number of aromatic nitrogens is 2. The maximum absolute atomic E-state index is 13.7. The fourth-order valence-electron chi connectivity index (χ4n) is 2.56. The van der Waals surface area contributed by atoms with Gasteiger partial charge in [-0.1, -0.05) is 24.3 Å². The number of ether oxygens (including phenoxy) is 1. The fraction of sp³-hybridized carbons (Fsp3) is 0.176. The smallest absolute Gasteiger partial charge is 0.253 e. The number of H-pyrrole nitrogens is 2. The van der Waals surface area contributed by atoms with E-state index in [0.717, 1.165) is 11.1 Å². The van der Waals surface area contributed by atoms with E-state index in [1.807, 2.05) is 24.3 Å². The Hall–Kier alpha value is -2.51. The molecule has 1 amide bonds. The van der Waals surface area contributed by atoms with Gasteiger partial charge in [0.15, 0.2) is 4.77 Å². The molecule has 0 aliphatic rings. The van der Waals surface area contributed by atoms with Crippen molar-refractivity contribution in [2.24, 2.45) is 0 Å². The Morgan fingerprint density at radius 1 is 1.25 bits per heavy atom. The van der Waals surface area contributed by atoms with Crippen LogP contribution in [0.1, 0.15) is 21.5 Å². The summed E-state index contributed by atoms with van der Waals surface area (Å²) in [7, 11) is 1.63. The number of imidazole rings is 1. The van der Waals surface area contributed by atoms with Gasteiger partial charge in [0.25, 0.3) is 5.91 Å². The number of hydrogen-bond donors (Lipinski definition) is 3. The van der Waals surface area contributed by atoms with E-state index in [1.165, 1.54) is 12.1 Å². The zero-order chi connectivity index (χ0) is 17.1. The van der Waals surface area contributed by atoms with Gasteiger partial charge in [0.1, 0.15) is 5.82 Å². The minimum Gasteiger partial charge on any atom is -0.380 e. The Morgan fingerprint density at radius 2 is 2.04 bits per heavy atom. The van der Waals surface area contributed by atoms with Crippen LogP contribution in [-0.2, 0) is 17.9 Å².